The van der Waals surface area contributed by atoms with Crippen molar-refractivity contribution in [2.45, 2.75) is 44.7 Å². The summed E-state index contributed by atoms with van der Waals surface area (Å²) in [6.07, 6.45) is 4.62. The number of nitrogens with one attached hydrogen (secondary N) is 2. The predicted molar refractivity (Wildman–Crippen MR) is 87.4 cm³/mol. The van der Waals surface area contributed by atoms with Crippen LogP contribution in [0.3, 0.4) is 0 Å². The molecule has 1 aromatic heterocycles. The van der Waals surface area contributed by atoms with Crippen LogP contribution < -0.4 is 10.6 Å². The van der Waals surface area contributed by atoms with Crippen molar-refractivity contribution in [2.75, 3.05) is 32.8 Å². The highest BCUT2D eigenvalue weighted by Gasteiger charge is 2.26. The highest BCUT2D eigenvalue weighted by atomic mass is 16.5. The average Bonchev–Trinajstić information content (AvgIpc) is 3.21. The third-order valence-electron chi connectivity index (χ3n) is 4.72. The van der Waals surface area contributed by atoms with Gasteiger partial charge in [-0.2, -0.15) is 0 Å². The van der Waals surface area contributed by atoms with Crippen LogP contribution in [0.25, 0.3) is 0 Å². The smallest absolute Gasteiger partial charge is 0.315 e. The molecule has 23 heavy (non-hydrogen) atoms. The van der Waals surface area contributed by atoms with Gasteiger partial charge in [0.25, 0.3) is 0 Å². The largest absolute Gasteiger partial charge is 0.465 e. The summed E-state index contributed by atoms with van der Waals surface area (Å²) in [5.74, 6) is 1.80. The molecule has 2 N–H and O–H groups in total. The Morgan fingerprint density at radius 1 is 1.30 bits per heavy atom. The summed E-state index contributed by atoms with van der Waals surface area (Å²) in [5, 5.41) is 6.09. The fourth-order valence-corrected chi connectivity index (χ4v) is 3.43. The minimum atomic E-state index is -0.0709. The fourth-order valence-electron chi connectivity index (χ4n) is 3.43. The van der Waals surface area contributed by atoms with E-state index < -0.39 is 0 Å². The first-order valence-electron chi connectivity index (χ1n) is 8.65. The zero-order valence-corrected chi connectivity index (χ0v) is 13.8. The van der Waals surface area contributed by atoms with Crippen LogP contribution in [0, 0.1) is 6.92 Å². The second-order valence-corrected chi connectivity index (χ2v) is 6.45. The highest BCUT2D eigenvalue weighted by molar-refractivity contribution is 5.74. The lowest BCUT2D eigenvalue weighted by atomic mass is 10.1. The molecule has 128 valence electrons. The van der Waals surface area contributed by atoms with Crippen molar-refractivity contribution in [3.05, 3.63) is 23.7 Å². The zero-order valence-electron chi connectivity index (χ0n) is 13.8. The molecule has 0 bridgehead atoms. The van der Waals surface area contributed by atoms with E-state index in [1.165, 1.54) is 12.8 Å². The number of hydrogen-bond donors (Lipinski definition) is 2. The van der Waals surface area contributed by atoms with Crippen molar-refractivity contribution in [3.63, 3.8) is 0 Å². The lowest BCUT2D eigenvalue weighted by molar-refractivity contribution is 0.0121. The van der Waals surface area contributed by atoms with Gasteiger partial charge in [0.05, 0.1) is 19.3 Å². The molecule has 1 unspecified atom stereocenters. The van der Waals surface area contributed by atoms with E-state index in [0.29, 0.717) is 12.6 Å². The van der Waals surface area contributed by atoms with Crippen LogP contribution in [-0.2, 0) is 4.74 Å². The second-order valence-electron chi connectivity index (χ2n) is 6.45. The van der Waals surface area contributed by atoms with Gasteiger partial charge in [-0.15, -0.1) is 0 Å². The molecule has 0 spiro atoms. The number of rotatable bonds is 5. The SMILES string of the molecule is Cc1ccc(C(CNC(=O)NC2CCCC2)N2CCOCC2)o1. The van der Waals surface area contributed by atoms with Gasteiger partial charge < -0.3 is 19.8 Å². The molecule has 0 aromatic carbocycles. The molecule has 2 fully saturated rings. The number of ether oxygens (including phenoxy) is 1. The molecule has 0 radical (unpaired) electrons. The first-order valence-corrected chi connectivity index (χ1v) is 8.65. The molecule has 1 atom stereocenters. The minimum absolute atomic E-state index is 0.0573. The molecule has 1 saturated heterocycles. The third-order valence-corrected chi connectivity index (χ3v) is 4.72. The predicted octanol–water partition coefficient (Wildman–Crippen LogP) is 2.20. The van der Waals surface area contributed by atoms with Crippen molar-refractivity contribution in [2.24, 2.45) is 0 Å². The van der Waals surface area contributed by atoms with Gasteiger partial charge in [0, 0.05) is 25.7 Å². The van der Waals surface area contributed by atoms with Crippen molar-refractivity contribution in [1.29, 1.82) is 0 Å². The Hall–Kier alpha value is -1.53. The molecule has 2 amide bonds. The first-order chi connectivity index (χ1) is 11.2. The first kappa shape index (κ1) is 16.3. The molecule has 2 heterocycles. The standard InChI is InChI=1S/C17H27N3O3/c1-13-6-7-16(23-13)15(20-8-10-22-11-9-20)12-18-17(21)19-14-4-2-3-5-14/h6-7,14-15H,2-5,8-12H2,1H3,(H2,18,19,21). The lowest BCUT2D eigenvalue weighted by Crippen LogP contribution is -2.47. The van der Waals surface area contributed by atoms with E-state index in [4.69, 9.17) is 9.15 Å². The number of morpholine rings is 1. The maximum Gasteiger partial charge on any atom is 0.315 e. The number of carbonyl (C=O) groups is 1. The van der Waals surface area contributed by atoms with Gasteiger partial charge in [0.15, 0.2) is 0 Å². The van der Waals surface area contributed by atoms with Crippen molar-refractivity contribution < 1.29 is 13.9 Å². The van der Waals surface area contributed by atoms with Crippen molar-refractivity contribution >= 4 is 6.03 Å². The number of aryl methyl sites for hydroxylation is 1. The maximum atomic E-state index is 12.1. The van der Waals surface area contributed by atoms with E-state index in [1.807, 2.05) is 19.1 Å². The van der Waals surface area contributed by atoms with Gasteiger partial charge in [-0.25, -0.2) is 4.79 Å². The van der Waals surface area contributed by atoms with Gasteiger partial charge in [0.1, 0.15) is 11.5 Å². The normalized spacial score (nSPS) is 21.3. The van der Waals surface area contributed by atoms with Crippen LogP contribution in [0.15, 0.2) is 16.5 Å². The van der Waals surface area contributed by atoms with E-state index in [9.17, 15) is 4.79 Å². The van der Waals surface area contributed by atoms with Crippen LogP contribution in [0.1, 0.15) is 43.2 Å². The van der Waals surface area contributed by atoms with E-state index in [0.717, 1.165) is 50.7 Å². The molecule has 1 aliphatic heterocycles. The van der Waals surface area contributed by atoms with E-state index in [-0.39, 0.29) is 12.1 Å². The quantitative estimate of drug-likeness (QED) is 0.872. The summed E-state index contributed by atoms with van der Waals surface area (Å²) in [4.78, 5) is 14.4. The van der Waals surface area contributed by atoms with Gasteiger partial charge in [0.2, 0.25) is 0 Å². The van der Waals surface area contributed by atoms with E-state index in [1.54, 1.807) is 0 Å². The Labute approximate surface area is 137 Å². The second kappa shape index (κ2) is 7.84. The number of amides is 2. The summed E-state index contributed by atoms with van der Waals surface area (Å²) in [6.45, 7) is 5.66. The third kappa shape index (κ3) is 4.48. The fraction of sp³-hybridized carbons (Fsp3) is 0.706. The van der Waals surface area contributed by atoms with Crippen LogP contribution in [0.5, 0.6) is 0 Å². The van der Waals surface area contributed by atoms with Gasteiger partial charge >= 0.3 is 6.03 Å². The Kier molecular flexibility index (Phi) is 5.56. The minimum Gasteiger partial charge on any atom is -0.465 e. The summed E-state index contributed by atoms with van der Waals surface area (Å²) >= 11 is 0. The topological polar surface area (TPSA) is 66.7 Å². The van der Waals surface area contributed by atoms with Crippen molar-refractivity contribution in [3.8, 4) is 0 Å². The molecular weight excluding hydrogens is 294 g/mol. The monoisotopic (exact) mass is 321 g/mol. The Bertz CT molecular complexity index is 505. The van der Waals surface area contributed by atoms with Crippen LogP contribution >= 0.6 is 0 Å². The molecular formula is C17H27N3O3. The summed E-state index contributed by atoms with van der Waals surface area (Å²) in [5.41, 5.74) is 0. The van der Waals surface area contributed by atoms with Gasteiger partial charge in [-0.1, -0.05) is 12.8 Å². The van der Waals surface area contributed by atoms with E-state index >= 15 is 0 Å². The number of hydrogen-bond acceptors (Lipinski definition) is 4. The number of urea groups is 1. The van der Waals surface area contributed by atoms with E-state index in [2.05, 4.69) is 15.5 Å². The van der Waals surface area contributed by atoms with Crippen LogP contribution in [0.4, 0.5) is 4.79 Å². The van der Waals surface area contributed by atoms with Gasteiger partial charge in [-0.3, -0.25) is 4.90 Å². The van der Waals surface area contributed by atoms with Crippen LogP contribution in [-0.4, -0.2) is 49.8 Å². The van der Waals surface area contributed by atoms with Gasteiger partial charge in [-0.05, 0) is 31.9 Å². The average molecular weight is 321 g/mol. The Balaban J connectivity index is 1.57. The molecule has 6 nitrogen and oxygen atoms in total. The molecule has 1 aliphatic carbocycles. The molecule has 2 aliphatic rings. The summed E-state index contributed by atoms with van der Waals surface area (Å²) < 4.78 is 11.2. The molecule has 1 saturated carbocycles. The Morgan fingerprint density at radius 3 is 2.70 bits per heavy atom. The van der Waals surface area contributed by atoms with Crippen molar-refractivity contribution in [1.82, 2.24) is 15.5 Å². The summed E-state index contributed by atoms with van der Waals surface area (Å²) in [6, 6.07) is 4.30. The number of carbonyl (C=O) groups excluding carboxylic acids is 1. The molecule has 3 rings (SSSR count). The maximum absolute atomic E-state index is 12.1. The summed E-state index contributed by atoms with van der Waals surface area (Å²) in [7, 11) is 0. The number of nitrogens with zero attached hydrogens (tertiary/aromatic N) is 1. The van der Waals surface area contributed by atoms with Crippen LogP contribution in [0.2, 0.25) is 0 Å². The number of furan rings is 1. The molecule has 1 aromatic rings. The lowest BCUT2D eigenvalue weighted by Gasteiger charge is -2.33. The molecule has 6 heteroatoms. The zero-order chi connectivity index (χ0) is 16.1. The highest BCUT2D eigenvalue weighted by Crippen LogP contribution is 2.23. The Morgan fingerprint density at radius 2 is 2.04 bits per heavy atom.